The highest BCUT2D eigenvalue weighted by molar-refractivity contribution is 7.89. The van der Waals surface area contributed by atoms with Gasteiger partial charge in [0.25, 0.3) is 0 Å². The Balaban J connectivity index is 2.76. The lowest BCUT2D eigenvalue weighted by Gasteiger charge is -2.07. The van der Waals surface area contributed by atoms with E-state index >= 15 is 0 Å². The van der Waals surface area contributed by atoms with E-state index in [1.807, 2.05) is 0 Å². The van der Waals surface area contributed by atoms with Crippen LogP contribution in [0.4, 0.5) is 4.39 Å². The topological polar surface area (TPSA) is 63.2 Å². The predicted molar refractivity (Wildman–Crippen MR) is 61.4 cm³/mol. The molecule has 1 aromatic carbocycles. The van der Waals surface area contributed by atoms with Crippen molar-refractivity contribution < 1.29 is 17.6 Å². The molecule has 17 heavy (non-hydrogen) atoms. The number of halogens is 1. The molecule has 1 N–H and O–H groups in total. The number of hydrogen-bond acceptors (Lipinski definition) is 3. The summed E-state index contributed by atoms with van der Waals surface area (Å²) < 4.78 is 38.2. The van der Waals surface area contributed by atoms with Gasteiger partial charge in [0.2, 0.25) is 10.0 Å². The summed E-state index contributed by atoms with van der Waals surface area (Å²) in [5.74, 6) is -0.941. The van der Waals surface area contributed by atoms with Crippen LogP contribution in [-0.2, 0) is 14.8 Å². The van der Waals surface area contributed by atoms with Gasteiger partial charge in [-0.15, -0.1) is 0 Å². The van der Waals surface area contributed by atoms with Crippen LogP contribution in [-0.4, -0.2) is 20.7 Å². The zero-order chi connectivity index (χ0) is 13.1. The second-order valence-electron chi connectivity index (χ2n) is 3.90. The summed E-state index contributed by atoms with van der Waals surface area (Å²) in [6.45, 7) is 3.13. The Morgan fingerprint density at radius 3 is 2.29 bits per heavy atom. The Hall–Kier alpha value is -1.27. The lowest BCUT2D eigenvalue weighted by Crippen LogP contribution is -2.31. The lowest BCUT2D eigenvalue weighted by molar-refractivity contribution is -0.120. The van der Waals surface area contributed by atoms with Crippen molar-refractivity contribution in [3.8, 4) is 0 Å². The number of rotatable bonds is 5. The molecule has 0 atom stereocenters. The van der Waals surface area contributed by atoms with E-state index in [1.54, 1.807) is 13.8 Å². The Bertz CT molecular complexity index is 494. The van der Waals surface area contributed by atoms with Crippen LogP contribution >= 0.6 is 0 Å². The fraction of sp³-hybridized carbons (Fsp3) is 0.364. The van der Waals surface area contributed by atoms with E-state index in [0.29, 0.717) is 0 Å². The van der Waals surface area contributed by atoms with Gasteiger partial charge < -0.3 is 0 Å². The predicted octanol–water partition coefficient (Wildman–Crippen LogP) is 1.33. The highest BCUT2D eigenvalue weighted by atomic mass is 32.2. The molecule has 4 nitrogen and oxygen atoms in total. The van der Waals surface area contributed by atoms with E-state index in [-0.39, 0.29) is 23.1 Å². The van der Waals surface area contributed by atoms with Crippen molar-refractivity contribution in [3.05, 3.63) is 30.1 Å². The van der Waals surface area contributed by atoms with Gasteiger partial charge >= 0.3 is 0 Å². The normalized spacial score (nSPS) is 11.8. The summed E-state index contributed by atoms with van der Waals surface area (Å²) in [6, 6.07) is 4.41. The molecule has 1 aromatic rings. The molecule has 0 amide bonds. The van der Waals surface area contributed by atoms with E-state index in [2.05, 4.69) is 4.72 Å². The molecule has 94 valence electrons. The average Bonchev–Trinajstić information content (AvgIpc) is 2.26. The molecule has 0 fully saturated rings. The first-order valence-corrected chi connectivity index (χ1v) is 6.59. The fourth-order valence-electron chi connectivity index (χ4n) is 1.07. The van der Waals surface area contributed by atoms with Gasteiger partial charge in [-0.05, 0) is 24.3 Å². The van der Waals surface area contributed by atoms with Crippen molar-refractivity contribution in [3.63, 3.8) is 0 Å². The van der Waals surface area contributed by atoms with Crippen molar-refractivity contribution in [1.29, 1.82) is 0 Å². The zero-order valence-electron chi connectivity index (χ0n) is 9.60. The first-order chi connectivity index (χ1) is 7.83. The van der Waals surface area contributed by atoms with E-state index in [4.69, 9.17) is 0 Å². The number of hydrogen-bond donors (Lipinski definition) is 1. The minimum absolute atomic E-state index is 0.0598. The largest absolute Gasteiger partial charge is 0.298 e. The maximum absolute atomic E-state index is 12.6. The standard InChI is InChI=1S/C11H14FNO3S/c1-8(2)11(14)7-13-17(15,16)10-5-3-9(12)4-6-10/h3-6,8,13H,7H2,1-2H3. The number of carbonyl (C=O) groups excluding carboxylic acids is 1. The second-order valence-corrected chi connectivity index (χ2v) is 5.67. The quantitative estimate of drug-likeness (QED) is 0.867. The third-order valence-electron chi connectivity index (χ3n) is 2.20. The Morgan fingerprint density at radius 2 is 1.82 bits per heavy atom. The summed E-state index contributed by atoms with van der Waals surface area (Å²) in [5.41, 5.74) is 0. The molecule has 0 unspecified atom stereocenters. The molecule has 0 aliphatic carbocycles. The number of sulfonamides is 1. The van der Waals surface area contributed by atoms with Crippen LogP contribution in [0.3, 0.4) is 0 Å². The summed E-state index contributed by atoms with van der Waals surface area (Å²) >= 11 is 0. The number of Topliss-reactive ketones (excluding diaryl/α,β-unsaturated/α-hetero) is 1. The molecule has 0 radical (unpaired) electrons. The van der Waals surface area contributed by atoms with Crippen molar-refractivity contribution in [2.45, 2.75) is 18.7 Å². The van der Waals surface area contributed by atoms with Gasteiger partial charge in [-0.1, -0.05) is 13.8 Å². The number of ketones is 1. The molecular formula is C11H14FNO3S. The molecule has 0 saturated carbocycles. The van der Waals surface area contributed by atoms with Crippen molar-refractivity contribution in [2.24, 2.45) is 5.92 Å². The molecule has 6 heteroatoms. The highest BCUT2D eigenvalue weighted by Gasteiger charge is 2.16. The van der Waals surface area contributed by atoms with Gasteiger partial charge in [0.15, 0.2) is 0 Å². The number of benzene rings is 1. The molecule has 0 spiro atoms. The lowest BCUT2D eigenvalue weighted by atomic mass is 10.1. The van der Waals surface area contributed by atoms with E-state index in [9.17, 15) is 17.6 Å². The third kappa shape index (κ3) is 3.90. The Kier molecular flexibility index (Phi) is 4.36. The SMILES string of the molecule is CC(C)C(=O)CNS(=O)(=O)c1ccc(F)cc1. The molecule has 0 heterocycles. The maximum Gasteiger partial charge on any atom is 0.240 e. The first kappa shape index (κ1) is 13.8. The van der Waals surface area contributed by atoms with Crippen LogP contribution in [0.15, 0.2) is 29.2 Å². The summed E-state index contributed by atoms with van der Waals surface area (Å²) in [4.78, 5) is 11.2. The number of carbonyl (C=O) groups is 1. The fourth-order valence-corrected chi connectivity index (χ4v) is 2.06. The molecule has 0 aliphatic rings. The molecule has 1 rings (SSSR count). The van der Waals surface area contributed by atoms with Crippen LogP contribution < -0.4 is 4.72 Å². The molecule has 0 aliphatic heterocycles. The Labute approximate surface area is 99.9 Å². The first-order valence-electron chi connectivity index (χ1n) is 5.11. The summed E-state index contributed by atoms with van der Waals surface area (Å²) in [6.07, 6.45) is 0. The number of nitrogens with one attached hydrogen (secondary N) is 1. The van der Waals surface area contributed by atoms with Crippen LogP contribution in [0, 0.1) is 11.7 Å². The van der Waals surface area contributed by atoms with Gasteiger partial charge in [-0.25, -0.2) is 17.5 Å². The molecule has 0 aromatic heterocycles. The third-order valence-corrected chi connectivity index (χ3v) is 3.62. The smallest absolute Gasteiger partial charge is 0.240 e. The van der Waals surface area contributed by atoms with Crippen molar-refractivity contribution in [1.82, 2.24) is 4.72 Å². The van der Waals surface area contributed by atoms with Crippen LogP contribution in [0.5, 0.6) is 0 Å². The Morgan fingerprint density at radius 1 is 1.29 bits per heavy atom. The molecule has 0 bridgehead atoms. The summed E-state index contributed by atoms with van der Waals surface area (Å²) in [7, 11) is -3.74. The molecular weight excluding hydrogens is 245 g/mol. The van der Waals surface area contributed by atoms with Gasteiger partial charge in [0.1, 0.15) is 11.6 Å². The van der Waals surface area contributed by atoms with Crippen LogP contribution in [0.1, 0.15) is 13.8 Å². The van der Waals surface area contributed by atoms with Gasteiger partial charge in [0.05, 0.1) is 11.4 Å². The monoisotopic (exact) mass is 259 g/mol. The average molecular weight is 259 g/mol. The van der Waals surface area contributed by atoms with Crippen LogP contribution in [0.2, 0.25) is 0 Å². The second kappa shape index (κ2) is 5.37. The van der Waals surface area contributed by atoms with Gasteiger partial charge in [-0.3, -0.25) is 4.79 Å². The minimum atomic E-state index is -3.74. The highest BCUT2D eigenvalue weighted by Crippen LogP contribution is 2.09. The van der Waals surface area contributed by atoms with E-state index in [0.717, 1.165) is 24.3 Å². The molecule has 0 saturated heterocycles. The zero-order valence-corrected chi connectivity index (χ0v) is 10.4. The van der Waals surface area contributed by atoms with Crippen molar-refractivity contribution >= 4 is 15.8 Å². The maximum atomic E-state index is 12.6. The van der Waals surface area contributed by atoms with E-state index in [1.165, 1.54) is 0 Å². The van der Waals surface area contributed by atoms with Gasteiger partial charge in [-0.2, -0.15) is 0 Å². The minimum Gasteiger partial charge on any atom is -0.298 e. The van der Waals surface area contributed by atoms with Crippen LogP contribution in [0.25, 0.3) is 0 Å². The van der Waals surface area contributed by atoms with E-state index < -0.39 is 15.8 Å². The summed E-state index contributed by atoms with van der Waals surface area (Å²) in [5, 5.41) is 0. The van der Waals surface area contributed by atoms with Gasteiger partial charge in [0, 0.05) is 5.92 Å². The van der Waals surface area contributed by atoms with Crippen molar-refractivity contribution in [2.75, 3.05) is 6.54 Å².